The monoisotopic (exact) mass is 735 g/mol. The number of carbonyl (C=O) groups is 4. The zero-order valence-corrected chi connectivity index (χ0v) is 28.9. The normalized spacial score (nSPS) is 26.2. The molecule has 0 aromatic heterocycles. The second kappa shape index (κ2) is 12.9. The molecule has 2 saturated heterocycles. The van der Waals surface area contributed by atoms with Crippen LogP contribution in [0.3, 0.4) is 0 Å². The Morgan fingerprint density at radius 1 is 0.906 bits per heavy atom. The molecule has 4 aromatic carbocycles. The number of amides is 4. The molecule has 2 heterocycles. The van der Waals surface area contributed by atoms with Gasteiger partial charge in [-0.3, -0.25) is 29.5 Å². The number of carbonyl (C=O) groups excluding carboxylic acids is 4. The van der Waals surface area contributed by atoms with Gasteiger partial charge in [0, 0.05) is 16.5 Å². The number of nitrogens with one attached hydrogen (secondary N) is 1. The van der Waals surface area contributed by atoms with Gasteiger partial charge in [0.2, 0.25) is 11.8 Å². The number of benzene rings is 4. The van der Waals surface area contributed by atoms with Crippen molar-refractivity contribution in [2.45, 2.75) is 24.2 Å². The van der Waals surface area contributed by atoms with Crippen LogP contribution < -0.4 is 20.5 Å². The van der Waals surface area contributed by atoms with Crippen LogP contribution in [0.1, 0.15) is 29.9 Å². The molecule has 8 rings (SSSR count). The fourth-order valence-electron chi connectivity index (χ4n) is 8.97. The third-order valence-corrected chi connectivity index (χ3v) is 11.5. The summed E-state index contributed by atoms with van der Waals surface area (Å²) in [5, 5.41) is 32.5. The van der Waals surface area contributed by atoms with E-state index in [2.05, 4.69) is 5.43 Å². The molecule has 0 spiro atoms. The Bertz CT molecular complexity index is 2220. The Labute approximate surface area is 308 Å². The summed E-state index contributed by atoms with van der Waals surface area (Å²) < 4.78 is 19.4. The zero-order chi connectivity index (χ0) is 37.3. The third kappa shape index (κ3) is 5.25. The van der Waals surface area contributed by atoms with E-state index < -0.39 is 71.6 Å². The van der Waals surface area contributed by atoms with Gasteiger partial charge >= 0.3 is 7.12 Å². The number of allylic oxidation sites excluding steroid dienone is 2. The Kier molecular flexibility index (Phi) is 8.40. The van der Waals surface area contributed by atoms with Crippen molar-refractivity contribution >= 4 is 59.2 Å². The van der Waals surface area contributed by atoms with E-state index in [9.17, 15) is 33.9 Å². The molecule has 2 aliphatic carbocycles. The molecule has 53 heavy (non-hydrogen) atoms. The highest BCUT2D eigenvalue weighted by Crippen LogP contribution is 2.65. The van der Waals surface area contributed by atoms with E-state index in [4.69, 9.17) is 16.3 Å². The minimum Gasteiger partial charge on any atom is -0.508 e. The summed E-state index contributed by atoms with van der Waals surface area (Å²) >= 11 is 6.34. The van der Waals surface area contributed by atoms with Crippen LogP contribution in [-0.4, -0.2) is 58.0 Å². The molecule has 268 valence electrons. The maximum absolute atomic E-state index is 15.2. The van der Waals surface area contributed by atoms with E-state index >= 15 is 4.79 Å². The van der Waals surface area contributed by atoms with Crippen LogP contribution in [0.15, 0.2) is 103 Å². The van der Waals surface area contributed by atoms with E-state index in [1.807, 2.05) is 6.08 Å². The van der Waals surface area contributed by atoms with Crippen molar-refractivity contribution in [1.82, 2.24) is 5.01 Å². The van der Waals surface area contributed by atoms with Gasteiger partial charge in [-0.25, -0.2) is 4.39 Å². The summed E-state index contributed by atoms with van der Waals surface area (Å²) in [5.41, 5.74) is 3.08. The maximum atomic E-state index is 15.2. The first-order valence-electron chi connectivity index (χ1n) is 17.0. The van der Waals surface area contributed by atoms with Crippen LogP contribution in [0.2, 0.25) is 5.02 Å². The van der Waals surface area contributed by atoms with Gasteiger partial charge in [0.05, 0.1) is 41.7 Å². The number of hydrazine groups is 1. The quantitative estimate of drug-likeness (QED) is 0.125. The molecular formula is C39H32BClFN3O8. The van der Waals surface area contributed by atoms with Gasteiger partial charge in [-0.15, -0.1) is 0 Å². The molecule has 1 saturated carbocycles. The van der Waals surface area contributed by atoms with E-state index in [-0.39, 0.29) is 41.0 Å². The zero-order valence-electron chi connectivity index (χ0n) is 28.1. The fraction of sp³-hybridized carbons (Fsp3) is 0.231. The first kappa shape index (κ1) is 34.6. The number of hydrogen-bond donors (Lipinski definition) is 4. The van der Waals surface area contributed by atoms with Crippen molar-refractivity contribution in [3.05, 3.63) is 125 Å². The van der Waals surface area contributed by atoms with Crippen LogP contribution in [0.5, 0.6) is 11.5 Å². The lowest BCUT2D eigenvalue weighted by Gasteiger charge is -2.50. The standard InChI is InChI=1S/C39H32BClFN3O8/c1-53-26-13-16-32(46)30(18-26)34-27-14-15-28-33(37(49)44(35(28)47)25-4-2-3-21(17-25)40(51)52)29(27)19-31-36(48)45(43-24-11-9-23(42)10-12-24)38(50)39(31,34)20-5-7-22(41)8-6-20/h2-14,16-18,28-29,31,33-34,43,46,51-52H,15,19H2,1H3/t28-,29+,31-,33-,34+,39+/m0/s1. The number of anilines is 2. The summed E-state index contributed by atoms with van der Waals surface area (Å²) in [6, 6.07) is 22.3. The topological polar surface area (TPSA) is 157 Å². The number of aromatic hydroxyl groups is 1. The molecule has 0 unspecified atom stereocenters. The van der Waals surface area contributed by atoms with Gasteiger partial charge < -0.3 is 19.9 Å². The smallest absolute Gasteiger partial charge is 0.488 e. The van der Waals surface area contributed by atoms with Crippen LogP contribution >= 0.6 is 11.6 Å². The minimum atomic E-state index is -1.83. The number of imide groups is 2. The largest absolute Gasteiger partial charge is 0.508 e. The van der Waals surface area contributed by atoms with Gasteiger partial charge in [0.25, 0.3) is 11.8 Å². The summed E-state index contributed by atoms with van der Waals surface area (Å²) in [6.07, 6.45) is 1.97. The SMILES string of the molecule is COc1ccc(O)c([C@H]2C3=CC[C@@H]4C(=O)N(c5cccc(B(O)O)c5)C(=O)[C@@H]4[C@@H]3C[C@H]3C(=O)N(Nc4ccc(F)cc4)C(=O)[C@@]23c2ccc(Cl)cc2)c1. The molecule has 4 N–H and O–H groups in total. The van der Waals surface area contributed by atoms with Crippen molar-refractivity contribution in [3.63, 3.8) is 0 Å². The van der Waals surface area contributed by atoms with Crippen molar-refractivity contribution < 1.29 is 43.5 Å². The minimum absolute atomic E-state index is 0.00865. The van der Waals surface area contributed by atoms with Crippen LogP contribution in [0.25, 0.3) is 0 Å². The first-order chi connectivity index (χ1) is 25.4. The second-order valence-corrected chi connectivity index (χ2v) is 14.2. The number of ether oxygens (including phenoxy) is 1. The lowest BCUT2D eigenvalue weighted by atomic mass is 9.49. The number of rotatable bonds is 7. The maximum Gasteiger partial charge on any atom is 0.488 e. The molecule has 0 bridgehead atoms. The Morgan fingerprint density at radius 3 is 2.34 bits per heavy atom. The molecule has 14 heteroatoms. The summed E-state index contributed by atoms with van der Waals surface area (Å²) in [4.78, 5) is 59.7. The highest BCUT2D eigenvalue weighted by Gasteiger charge is 2.70. The highest BCUT2D eigenvalue weighted by atomic mass is 35.5. The van der Waals surface area contributed by atoms with Crippen LogP contribution in [-0.2, 0) is 24.6 Å². The lowest BCUT2D eigenvalue weighted by Crippen LogP contribution is -2.53. The molecule has 0 radical (unpaired) electrons. The first-order valence-corrected chi connectivity index (χ1v) is 17.4. The molecule has 4 aliphatic rings. The molecule has 4 aromatic rings. The van der Waals surface area contributed by atoms with Crippen molar-refractivity contribution in [3.8, 4) is 11.5 Å². The van der Waals surface area contributed by atoms with E-state index in [0.717, 1.165) is 9.91 Å². The Hall–Kier alpha value is -5.50. The number of halogens is 2. The lowest BCUT2D eigenvalue weighted by molar-refractivity contribution is -0.138. The third-order valence-electron chi connectivity index (χ3n) is 11.2. The average Bonchev–Trinajstić information content (AvgIpc) is 3.53. The second-order valence-electron chi connectivity index (χ2n) is 13.8. The average molecular weight is 736 g/mol. The van der Waals surface area contributed by atoms with Gasteiger partial charge in [0.1, 0.15) is 17.3 Å². The predicted molar refractivity (Wildman–Crippen MR) is 192 cm³/mol. The Morgan fingerprint density at radius 2 is 1.64 bits per heavy atom. The van der Waals surface area contributed by atoms with Crippen molar-refractivity contribution in [1.29, 1.82) is 0 Å². The number of fused-ring (bicyclic) bond motifs is 4. The number of phenols is 1. The summed E-state index contributed by atoms with van der Waals surface area (Å²) in [6.45, 7) is 0. The van der Waals surface area contributed by atoms with E-state index in [1.165, 1.54) is 61.7 Å². The summed E-state index contributed by atoms with van der Waals surface area (Å²) in [5.74, 6) is -7.18. The van der Waals surface area contributed by atoms with E-state index in [0.29, 0.717) is 21.9 Å². The van der Waals surface area contributed by atoms with Gasteiger partial charge in [-0.2, -0.15) is 5.01 Å². The summed E-state index contributed by atoms with van der Waals surface area (Å²) in [7, 11) is -0.366. The number of hydrogen-bond acceptors (Lipinski definition) is 9. The van der Waals surface area contributed by atoms with Crippen molar-refractivity contribution in [2.75, 3.05) is 17.4 Å². The molecule has 6 atom stereocenters. The molecule has 4 amide bonds. The van der Waals surface area contributed by atoms with Gasteiger partial charge in [-0.1, -0.05) is 47.5 Å². The highest BCUT2D eigenvalue weighted by molar-refractivity contribution is 6.58. The fourth-order valence-corrected chi connectivity index (χ4v) is 9.10. The number of phenolic OH excluding ortho intramolecular Hbond substituents is 1. The molecule has 11 nitrogen and oxygen atoms in total. The number of methoxy groups -OCH3 is 1. The number of nitrogens with zero attached hydrogens (tertiary/aromatic N) is 2. The Balaban J connectivity index is 1.33. The van der Waals surface area contributed by atoms with Crippen LogP contribution in [0.4, 0.5) is 15.8 Å². The predicted octanol–water partition coefficient (Wildman–Crippen LogP) is 4.06. The molecule has 3 fully saturated rings. The van der Waals surface area contributed by atoms with E-state index in [1.54, 1.807) is 36.4 Å². The molecule has 2 aliphatic heterocycles. The molecular weight excluding hydrogens is 704 g/mol. The van der Waals surface area contributed by atoms with Crippen molar-refractivity contribution in [2.24, 2.45) is 23.7 Å². The van der Waals surface area contributed by atoms with Crippen LogP contribution in [0, 0.1) is 29.5 Å². The van der Waals surface area contributed by atoms with Gasteiger partial charge in [0.15, 0.2) is 0 Å². The van der Waals surface area contributed by atoms with Gasteiger partial charge in [-0.05, 0) is 96.5 Å².